The molecule has 7 heterocycles. The van der Waals surface area contributed by atoms with Crippen LogP contribution in [0.5, 0.6) is 5.75 Å². The van der Waals surface area contributed by atoms with Crippen molar-refractivity contribution in [1.29, 1.82) is 0 Å². The van der Waals surface area contributed by atoms with Crippen LogP contribution in [0.25, 0.3) is 21.9 Å². The highest BCUT2D eigenvalue weighted by Gasteiger charge is 2.26. The number of esters is 2. The van der Waals surface area contributed by atoms with E-state index >= 15 is 0 Å². The van der Waals surface area contributed by atoms with Gasteiger partial charge in [0.05, 0.1) is 30.6 Å². The summed E-state index contributed by atoms with van der Waals surface area (Å²) in [5.41, 5.74) is 6.18. The fourth-order valence-corrected chi connectivity index (χ4v) is 8.88. The second-order valence-corrected chi connectivity index (χ2v) is 15.7. The molecule has 0 unspecified atom stereocenters. The van der Waals surface area contributed by atoms with E-state index in [4.69, 9.17) is 19.2 Å². The molecule has 2 aliphatic heterocycles. The molecule has 5 aromatic heterocycles. The summed E-state index contributed by atoms with van der Waals surface area (Å²) in [6.45, 7) is 10.7. The molecule has 2 saturated heterocycles. The average Bonchev–Trinajstić information content (AvgIpc) is 3.83. The Kier molecular flexibility index (Phi) is 13.4. The number of carbonyl (C=O) groups excluding carboxylic acids is 2. The normalized spacial score (nSPS) is 15.9. The molecule has 59 heavy (non-hydrogen) atoms. The van der Waals surface area contributed by atoms with E-state index in [2.05, 4.69) is 53.4 Å². The molecule has 2 fully saturated rings. The van der Waals surface area contributed by atoms with Gasteiger partial charge in [-0.3, -0.25) is 19.7 Å². The van der Waals surface area contributed by atoms with Gasteiger partial charge in [-0.1, -0.05) is 18.2 Å². The predicted molar refractivity (Wildman–Crippen MR) is 228 cm³/mol. The second kappa shape index (κ2) is 19.5. The van der Waals surface area contributed by atoms with Crippen molar-refractivity contribution in [3.63, 3.8) is 0 Å². The largest absolute Gasteiger partial charge is 0.491 e. The van der Waals surface area contributed by atoms with E-state index in [1.807, 2.05) is 62.0 Å². The van der Waals surface area contributed by atoms with Crippen LogP contribution in [-0.2, 0) is 27.4 Å². The maximum Gasteiger partial charge on any atom is 0.349 e. The van der Waals surface area contributed by atoms with Crippen LogP contribution in [0.3, 0.4) is 0 Å². The van der Waals surface area contributed by atoms with Crippen LogP contribution < -0.4 is 4.74 Å². The molecule has 0 spiro atoms. The molecule has 0 saturated carbocycles. The lowest BCUT2D eigenvalue weighted by molar-refractivity contribution is -0.138. The standard InChI is InChI=1S/C47H55N7O5/c1-2-57-29-28-53-33-41(38-14-21-48-31-43(38)53)35-17-25-52(26-18-35)27-30-58-44-12-4-3-10-40(44)47(56)59-45(55)13-8-22-51-23-15-36(16-24-51)42-34-54(32-37-9-5-6-19-49-37)46-39(42)11-7-20-50-46/h3-7,9-12,14,19-21,31,33-36H,2,8,13,15-18,22-30,32H2,1H3. The molecule has 0 bridgehead atoms. The molecule has 2 aliphatic rings. The van der Waals surface area contributed by atoms with E-state index in [9.17, 15) is 9.59 Å². The minimum Gasteiger partial charge on any atom is -0.491 e. The number of piperidine rings is 2. The molecular weight excluding hydrogens is 743 g/mol. The van der Waals surface area contributed by atoms with E-state index in [1.165, 1.54) is 21.9 Å². The van der Waals surface area contributed by atoms with Crippen LogP contribution in [0, 0.1) is 0 Å². The van der Waals surface area contributed by atoms with Crippen LogP contribution in [0.1, 0.15) is 84.5 Å². The number of benzene rings is 1. The predicted octanol–water partition coefficient (Wildman–Crippen LogP) is 7.47. The van der Waals surface area contributed by atoms with Crippen molar-refractivity contribution in [2.45, 2.75) is 70.4 Å². The van der Waals surface area contributed by atoms with Crippen molar-refractivity contribution in [3.8, 4) is 5.75 Å². The second-order valence-electron chi connectivity index (χ2n) is 15.7. The number of pyridine rings is 3. The summed E-state index contributed by atoms with van der Waals surface area (Å²) in [6.07, 6.45) is 17.1. The summed E-state index contributed by atoms with van der Waals surface area (Å²) >= 11 is 0. The van der Waals surface area contributed by atoms with Crippen molar-refractivity contribution in [2.75, 3.05) is 59.1 Å². The highest BCUT2D eigenvalue weighted by Crippen LogP contribution is 2.36. The smallest absolute Gasteiger partial charge is 0.349 e. The van der Waals surface area contributed by atoms with Gasteiger partial charge in [0.25, 0.3) is 0 Å². The number of aromatic nitrogens is 5. The third-order valence-electron chi connectivity index (χ3n) is 12.0. The zero-order chi connectivity index (χ0) is 40.4. The molecule has 12 heteroatoms. The summed E-state index contributed by atoms with van der Waals surface area (Å²) in [6, 6.07) is 19.3. The molecule has 0 atom stereocenters. The number of hydrogen-bond donors (Lipinski definition) is 0. The molecule has 1 aromatic carbocycles. The summed E-state index contributed by atoms with van der Waals surface area (Å²) in [7, 11) is 0. The number of carbonyl (C=O) groups is 2. The first-order valence-electron chi connectivity index (χ1n) is 21.3. The molecule has 6 aromatic rings. The zero-order valence-electron chi connectivity index (χ0n) is 34.1. The molecule has 12 nitrogen and oxygen atoms in total. The summed E-state index contributed by atoms with van der Waals surface area (Å²) in [5.74, 6) is 0.188. The van der Waals surface area contributed by atoms with Crippen molar-refractivity contribution >= 4 is 33.9 Å². The lowest BCUT2D eigenvalue weighted by atomic mass is 9.89. The molecule has 308 valence electrons. The van der Waals surface area contributed by atoms with Gasteiger partial charge in [-0.2, -0.15) is 0 Å². The van der Waals surface area contributed by atoms with Gasteiger partial charge in [0.15, 0.2) is 0 Å². The van der Waals surface area contributed by atoms with Gasteiger partial charge in [-0.05, 0) is 137 Å². The quantitative estimate of drug-likeness (QED) is 0.0523. The fourth-order valence-electron chi connectivity index (χ4n) is 8.88. The van der Waals surface area contributed by atoms with Crippen LogP contribution in [0.4, 0.5) is 0 Å². The van der Waals surface area contributed by atoms with Gasteiger partial charge in [0.1, 0.15) is 23.6 Å². The van der Waals surface area contributed by atoms with Crippen molar-refractivity contribution in [2.24, 2.45) is 0 Å². The van der Waals surface area contributed by atoms with Crippen LogP contribution in [-0.4, -0.2) is 105 Å². The van der Waals surface area contributed by atoms with Gasteiger partial charge in [0, 0.05) is 67.9 Å². The van der Waals surface area contributed by atoms with E-state index in [0.717, 1.165) is 88.4 Å². The van der Waals surface area contributed by atoms with Gasteiger partial charge >= 0.3 is 11.9 Å². The first-order chi connectivity index (χ1) is 29.0. The van der Waals surface area contributed by atoms with E-state index in [-0.39, 0.29) is 12.0 Å². The number of ether oxygens (including phenoxy) is 3. The Morgan fingerprint density at radius 1 is 0.729 bits per heavy atom. The topological polar surface area (TPSA) is 117 Å². The number of fused-ring (bicyclic) bond motifs is 2. The highest BCUT2D eigenvalue weighted by atomic mass is 16.6. The van der Waals surface area contributed by atoms with Crippen molar-refractivity contribution in [1.82, 2.24) is 33.9 Å². The number of nitrogens with zero attached hydrogens (tertiary/aromatic N) is 7. The third-order valence-corrected chi connectivity index (χ3v) is 12.0. The molecule has 0 amide bonds. The third kappa shape index (κ3) is 9.89. The Morgan fingerprint density at radius 2 is 1.46 bits per heavy atom. The van der Waals surface area contributed by atoms with Crippen molar-refractivity contribution in [3.05, 3.63) is 120 Å². The Hall–Kier alpha value is -5.43. The monoisotopic (exact) mass is 797 g/mol. The summed E-state index contributed by atoms with van der Waals surface area (Å²) in [5, 5.41) is 2.49. The lowest BCUT2D eigenvalue weighted by Gasteiger charge is -2.32. The Labute approximate surface area is 346 Å². The van der Waals surface area contributed by atoms with Gasteiger partial charge in [-0.15, -0.1) is 0 Å². The molecule has 0 aliphatic carbocycles. The van der Waals surface area contributed by atoms with E-state index in [0.29, 0.717) is 50.4 Å². The SMILES string of the molecule is CCOCCn1cc(C2CCN(CCOc3ccccc3C(=O)OC(=O)CCCN3CCC(c4cn(Cc5ccccn5)c5ncccc45)CC3)CC2)c2ccncc21. The minimum absolute atomic E-state index is 0.183. The number of rotatable bonds is 17. The Morgan fingerprint density at radius 3 is 2.24 bits per heavy atom. The minimum atomic E-state index is -0.667. The van der Waals surface area contributed by atoms with Gasteiger partial charge in [-0.25, -0.2) is 9.78 Å². The molecule has 0 radical (unpaired) electrons. The first-order valence-corrected chi connectivity index (χ1v) is 21.3. The molecule has 8 rings (SSSR count). The molecule has 0 N–H and O–H groups in total. The first kappa shape index (κ1) is 40.4. The fraction of sp³-hybridized carbons (Fsp3) is 0.426. The van der Waals surface area contributed by atoms with Gasteiger partial charge in [0.2, 0.25) is 0 Å². The Balaban J connectivity index is 0.757. The summed E-state index contributed by atoms with van der Waals surface area (Å²) in [4.78, 5) is 44.4. The Bertz CT molecular complexity index is 2310. The van der Waals surface area contributed by atoms with E-state index in [1.54, 1.807) is 18.2 Å². The lowest BCUT2D eigenvalue weighted by Crippen LogP contribution is -2.36. The maximum atomic E-state index is 13.1. The van der Waals surface area contributed by atoms with Gasteiger partial charge < -0.3 is 28.2 Å². The number of para-hydroxylation sites is 1. The summed E-state index contributed by atoms with van der Waals surface area (Å²) < 4.78 is 21.6. The van der Waals surface area contributed by atoms with Crippen LogP contribution >= 0.6 is 0 Å². The molecular formula is C47H55N7O5. The van der Waals surface area contributed by atoms with E-state index < -0.39 is 11.9 Å². The van der Waals surface area contributed by atoms with Crippen LogP contribution in [0.2, 0.25) is 0 Å². The number of likely N-dealkylation sites (tertiary alicyclic amines) is 2. The highest BCUT2D eigenvalue weighted by molar-refractivity contribution is 5.98. The maximum absolute atomic E-state index is 13.1. The average molecular weight is 798 g/mol. The van der Waals surface area contributed by atoms with Crippen molar-refractivity contribution < 1.29 is 23.8 Å². The van der Waals surface area contributed by atoms with Crippen LogP contribution in [0.15, 0.2) is 97.8 Å². The number of hydrogen-bond acceptors (Lipinski definition) is 10. The zero-order valence-corrected chi connectivity index (χ0v) is 34.1.